The van der Waals surface area contributed by atoms with E-state index in [4.69, 9.17) is 0 Å². The molecule has 1 heterocycles. The second kappa shape index (κ2) is 6.02. The third-order valence-corrected chi connectivity index (χ3v) is 2.79. The summed E-state index contributed by atoms with van der Waals surface area (Å²) in [6, 6.07) is 0.962. The third-order valence-electron chi connectivity index (χ3n) is 2.79. The third kappa shape index (κ3) is 2.86. The molecule has 0 bridgehead atoms. The largest absolute Gasteiger partial charge is 0.453 e. The maximum absolute atomic E-state index is 13.9. The number of carbonyl (C=O) groups is 1. The maximum atomic E-state index is 13.9. The van der Waals surface area contributed by atoms with Gasteiger partial charge in [-0.1, -0.05) is 0 Å². The van der Waals surface area contributed by atoms with Crippen molar-refractivity contribution in [3.63, 3.8) is 0 Å². The number of alkyl halides is 3. The van der Waals surface area contributed by atoms with Gasteiger partial charge in [-0.3, -0.25) is 5.32 Å². The molecule has 0 saturated carbocycles. The highest BCUT2D eigenvalue weighted by Gasteiger charge is 2.43. The van der Waals surface area contributed by atoms with Gasteiger partial charge in [0.05, 0.1) is 13.3 Å². The molecular weight excluding hydrogens is 351 g/mol. The van der Waals surface area contributed by atoms with Crippen LogP contribution in [0.5, 0.6) is 0 Å². The molecule has 1 amide bonds. The number of hydrogen-bond donors (Lipinski definition) is 1. The van der Waals surface area contributed by atoms with Crippen molar-refractivity contribution in [2.45, 2.75) is 6.18 Å². The Labute approximate surface area is 128 Å². The van der Waals surface area contributed by atoms with Crippen LogP contribution in [0.3, 0.4) is 0 Å². The smallest absolute Gasteiger partial charge is 0.422 e. The van der Waals surface area contributed by atoms with Crippen LogP contribution in [0.1, 0.15) is 5.56 Å². The molecule has 2 rings (SSSR count). The molecule has 0 spiro atoms. The SMILES string of the molecule is COC(=O)Nc1ccnn1-c1c(F)c(F)c(C(F)(F)F)c(F)c1F. The zero-order valence-electron chi connectivity index (χ0n) is 11.5. The van der Waals surface area contributed by atoms with Gasteiger partial charge in [-0.15, -0.1) is 0 Å². The highest BCUT2D eigenvalue weighted by Crippen LogP contribution is 2.38. The van der Waals surface area contributed by atoms with Crippen LogP contribution in [0.2, 0.25) is 0 Å². The lowest BCUT2D eigenvalue weighted by Crippen LogP contribution is -2.20. The molecule has 0 saturated heterocycles. The van der Waals surface area contributed by atoms with Gasteiger partial charge < -0.3 is 4.74 Å². The second-order valence-electron chi connectivity index (χ2n) is 4.22. The first-order valence-corrected chi connectivity index (χ1v) is 5.92. The number of benzene rings is 1. The van der Waals surface area contributed by atoms with Crippen LogP contribution in [0, 0.1) is 23.3 Å². The molecule has 5 nitrogen and oxygen atoms in total. The molecule has 0 atom stereocenters. The van der Waals surface area contributed by atoms with E-state index in [1.54, 1.807) is 0 Å². The predicted molar refractivity (Wildman–Crippen MR) is 64.4 cm³/mol. The van der Waals surface area contributed by atoms with Gasteiger partial charge in [0.15, 0.2) is 23.3 Å². The lowest BCUT2D eigenvalue weighted by atomic mass is 10.1. The lowest BCUT2D eigenvalue weighted by Gasteiger charge is -2.15. The van der Waals surface area contributed by atoms with Gasteiger partial charge in [0.1, 0.15) is 17.1 Å². The minimum atomic E-state index is -5.66. The van der Waals surface area contributed by atoms with Gasteiger partial charge in [0.2, 0.25) is 0 Å². The molecule has 0 aliphatic rings. The van der Waals surface area contributed by atoms with E-state index >= 15 is 0 Å². The quantitative estimate of drug-likeness (QED) is 0.660. The number of anilines is 1. The summed E-state index contributed by atoms with van der Waals surface area (Å²) in [4.78, 5) is 11.1. The predicted octanol–water partition coefficient (Wildman–Crippen LogP) is 3.63. The van der Waals surface area contributed by atoms with Crippen LogP contribution >= 0.6 is 0 Å². The fourth-order valence-electron chi connectivity index (χ4n) is 1.79. The molecular formula is C12H6F7N3O2. The number of nitrogens with one attached hydrogen (secondary N) is 1. The Hall–Kier alpha value is -2.79. The van der Waals surface area contributed by atoms with Crippen molar-refractivity contribution in [1.82, 2.24) is 9.78 Å². The van der Waals surface area contributed by atoms with Crippen LogP contribution in [0.25, 0.3) is 5.69 Å². The molecule has 1 N–H and O–H groups in total. The van der Waals surface area contributed by atoms with Gasteiger partial charge in [0, 0.05) is 6.07 Å². The van der Waals surface area contributed by atoms with E-state index in [2.05, 4.69) is 9.84 Å². The standard InChI is InChI=1S/C12H6F7N3O2/c1-24-11(23)21-4-2-3-20-22(4)10-8(15)6(13)5(12(17,18)19)7(14)9(10)16/h2-3H,1H3,(H,21,23). The number of nitrogens with zero attached hydrogens (tertiary/aromatic N) is 2. The number of hydrogen-bond acceptors (Lipinski definition) is 3. The monoisotopic (exact) mass is 357 g/mol. The number of amides is 1. The van der Waals surface area contributed by atoms with Gasteiger partial charge in [-0.05, 0) is 0 Å². The molecule has 24 heavy (non-hydrogen) atoms. The Morgan fingerprint density at radius 1 is 1.12 bits per heavy atom. The Balaban J connectivity index is 2.71. The van der Waals surface area contributed by atoms with Gasteiger partial charge in [-0.2, -0.15) is 18.3 Å². The van der Waals surface area contributed by atoms with Crippen molar-refractivity contribution in [1.29, 1.82) is 0 Å². The lowest BCUT2D eigenvalue weighted by molar-refractivity contribution is -0.143. The molecule has 0 aliphatic carbocycles. The summed E-state index contributed by atoms with van der Waals surface area (Å²) in [6.45, 7) is 0. The Kier molecular flexibility index (Phi) is 4.40. The van der Waals surface area contributed by atoms with E-state index in [0.29, 0.717) is 0 Å². The molecule has 1 aromatic carbocycles. The van der Waals surface area contributed by atoms with Crippen molar-refractivity contribution in [2.75, 3.05) is 12.4 Å². The van der Waals surface area contributed by atoms with Crippen molar-refractivity contribution in [2.24, 2.45) is 0 Å². The first kappa shape index (κ1) is 17.6. The summed E-state index contributed by atoms with van der Waals surface area (Å²) >= 11 is 0. The minimum Gasteiger partial charge on any atom is -0.453 e. The summed E-state index contributed by atoms with van der Waals surface area (Å²) in [7, 11) is 0.953. The number of methoxy groups -OCH3 is 1. The molecule has 2 aromatic rings. The Morgan fingerprint density at radius 2 is 1.67 bits per heavy atom. The maximum Gasteiger partial charge on any atom is 0.422 e. The van der Waals surface area contributed by atoms with E-state index in [1.165, 1.54) is 0 Å². The average Bonchev–Trinajstić information content (AvgIpc) is 2.92. The summed E-state index contributed by atoms with van der Waals surface area (Å²) < 4.78 is 97.0. The summed E-state index contributed by atoms with van der Waals surface area (Å²) in [5.41, 5.74) is -4.29. The molecule has 0 unspecified atom stereocenters. The molecule has 0 radical (unpaired) electrons. The highest BCUT2D eigenvalue weighted by molar-refractivity contribution is 5.83. The highest BCUT2D eigenvalue weighted by atomic mass is 19.4. The van der Waals surface area contributed by atoms with Crippen LogP contribution in [0.4, 0.5) is 41.3 Å². The van der Waals surface area contributed by atoms with E-state index in [1.807, 2.05) is 5.32 Å². The number of ether oxygens (including phenoxy) is 1. The van der Waals surface area contributed by atoms with Crippen LogP contribution in [0.15, 0.2) is 12.3 Å². The summed E-state index contributed by atoms with van der Waals surface area (Å²) in [5, 5.41) is 5.24. The van der Waals surface area contributed by atoms with Gasteiger partial charge in [0.25, 0.3) is 0 Å². The summed E-state index contributed by atoms with van der Waals surface area (Å²) in [5.74, 6) is -10.5. The van der Waals surface area contributed by atoms with E-state index < -0.39 is 52.6 Å². The topological polar surface area (TPSA) is 56.1 Å². The van der Waals surface area contributed by atoms with E-state index in [-0.39, 0.29) is 4.68 Å². The van der Waals surface area contributed by atoms with Gasteiger partial charge in [-0.25, -0.2) is 27.0 Å². The van der Waals surface area contributed by atoms with Gasteiger partial charge >= 0.3 is 12.3 Å². The first-order valence-electron chi connectivity index (χ1n) is 5.92. The Bertz CT molecular complexity index is 772. The van der Waals surface area contributed by atoms with Crippen LogP contribution in [-0.4, -0.2) is 23.0 Å². The fourth-order valence-corrected chi connectivity index (χ4v) is 1.79. The molecule has 1 aromatic heterocycles. The van der Waals surface area contributed by atoms with Crippen LogP contribution < -0.4 is 5.32 Å². The van der Waals surface area contributed by atoms with Crippen molar-refractivity contribution in [3.8, 4) is 5.69 Å². The van der Waals surface area contributed by atoms with Crippen molar-refractivity contribution in [3.05, 3.63) is 41.1 Å². The van der Waals surface area contributed by atoms with Crippen molar-refractivity contribution >= 4 is 11.9 Å². The molecule has 0 aliphatic heterocycles. The first-order chi connectivity index (χ1) is 11.1. The normalized spacial score (nSPS) is 11.5. The number of rotatable bonds is 2. The zero-order valence-corrected chi connectivity index (χ0v) is 11.5. The number of carbonyl (C=O) groups excluding carboxylic acids is 1. The van der Waals surface area contributed by atoms with E-state index in [9.17, 15) is 35.5 Å². The summed E-state index contributed by atoms with van der Waals surface area (Å²) in [6.07, 6.45) is -5.91. The fraction of sp³-hybridized carbons (Fsp3) is 0.167. The molecule has 12 heteroatoms. The van der Waals surface area contributed by atoms with Crippen molar-refractivity contribution < 1.29 is 40.3 Å². The zero-order chi connectivity index (χ0) is 18.2. The van der Waals surface area contributed by atoms with Crippen LogP contribution in [-0.2, 0) is 10.9 Å². The Morgan fingerprint density at radius 3 is 2.12 bits per heavy atom. The molecule has 130 valence electrons. The minimum absolute atomic E-state index is 0.175. The molecule has 0 fully saturated rings. The number of halogens is 7. The second-order valence-corrected chi connectivity index (χ2v) is 4.22. The average molecular weight is 357 g/mol. The van der Waals surface area contributed by atoms with E-state index in [0.717, 1.165) is 19.4 Å². The number of aromatic nitrogens is 2.